The zero-order chi connectivity index (χ0) is 23.9. The minimum Gasteiger partial charge on any atom is -0.462 e. The van der Waals surface area contributed by atoms with Gasteiger partial charge in [-0.05, 0) is 44.2 Å². The van der Waals surface area contributed by atoms with E-state index in [-0.39, 0.29) is 24.5 Å². The highest BCUT2D eigenvalue weighted by atomic mass is 19.4. The summed E-state index contributed by atoms with van der Waals surface area (Å²) in [6.07, 6.45) is -5.84. The molecular weight excluding hydrogens is 437 g/mol. The number of para-hydroxylation sites is 1. The van der Waals surface area contributed by atoms with E-state index in [4.69, 9.17) is 14.2 Å². The van der Waals surface area contributed by atoms with Crippen LogP contribution < -0.4 is 4.74 Å². The lowest BCUT2D eigenvalue weighted by Crippen LogP contribution is -2.39. The molecule has 1 N–H and O–H groups in total. The summed E-state index contributed by atoms with van der Waals surface area (Å²) >= 11 is 0. The number of carbonyl (C=O) groups excluding carboxylic acids is 3. The lowest BCUT2D eigenvalue weighted by molar-refractivity contribution is -0.274. The van der Waals surface area contributed by atoms with Crippen LogP contribution in [0.25, 0.3) is 0 Å². The molecule has 0 saturated heterocycles. The number of aliphatic hydroxyl groups excluding tert-OH is 1. The highest BCUT2D eigenvalue weighted by Gasteiger charge is 2.34. The fraction of sp³-hybridized carbons (Fsp3) is 0.476. The van der Waals surface area contributed by atoms with Crippen LogP contribution >= 0.6 is 0 Å². The molecule has 8 nitrogen and oxygen atoms in total. The van der Waals surface area contributed by atoms with Gasteiger partial charge in [-0.3, -0.25) is 0 Å². The summed E-state index contributed by atoms with van der Waals surface area (Å²) in [5, 5.41) is 10.2. The first-order valence-corrected chi connectivity index (χ1v) is 9.68. The van der Waals surface area contributed by atoms with E-state index in [1.165, 1.54) is 19.1 Å². The third-order valence-electron chi connectivity index (χ3n) is 4.60. The Morgan fingerprint density at radius 2 is 1.84 bits per heavy atom. The van der Waals surface area contributed by atoms with Crippen molar-refractivity contribution in [1.82, 2.24) is 0 Å². The number of halogens is 3. The van der Waals surface area contributed by atoms with Crippen LogP contribution in [-0.4, -0.2) is 54.8 Å². The smallest absolute Gasteiger partial charge is 0.462 e. The van der Waals surface area contributed by atoms with Crippen LogP contribution in [0.5, 0.6) is 5.75 Å². The van der Waals surface area contributed by atoms with Crippen LogP contribution in [0.3, 0.4) is 0 Å². The number of ether oxygens (including phenoxy) is 4. The van der Waals surface area contributed by atoms with Crippen LogP contribution in [0, 0.1) is 5.92 Å². The van der Waals surface area contributed by atoms with E-state index in [0.29, 0.717) is 12.8 Å². The fourth-order valence-corrected chi connectivity index (χ4v) is 3.06. The van der Waals surface area contributed by atoms with Gasteiger partial charge < -0.3 is 24.1 Å². The second-order valence-corrected chi connectivity index (χ2v) is 7.27. The number of alkyl halides is 3. The van der Waals surface area contributed by atoms with Crippen LogP contribution in [0.4, 0.5) is 13.2 Å². The van der Waals surface area contributed by atoms with Gasteiger partial charge in [0, 0.05) is 5.57 Å². The third kappa shape index (κ3) is 7.88. The Balaban J connectivity index is 1.81. The molecule has 0 bridgehead atoms. The number of carbonyl (C=O) groups is 3. The molecule has 3 unspecified atom stereocenters. The Bertz CT molecular complexity index is 852. The van der Waals surface area contributed by atoms with Gasteiger partial charge in [-0.25, -0.2) is 14.4 Å². The maximum absolute atomic E-state index is 12.4. The van der Waals surface area contributed by atoms with Gasteiger partial charge in [0.05, 0.1) is 12.7 Å². The molecule has 32 heavy (non-hydrogen) atoms. The van der Waals surface area contributed by atoms with Crippen LogP contribution in [0.2, 0.25) is 0 Å². The lowest BCUT2D eigenvalue weighted by atomic mass is 9.86. The molecule has 1 aliphatic carbocycles. The van der Waals surface area contributed by atoms with Gasteiger partial charge in [0.15, 0.2) is 6.61 Å². The van der Waals surface area contributed by atoms with E-state index < -0.39 is 54.4 Å². The molecule has 0 heterocycles. The number of hydrogen-bond acceptors (Lipinski definition) is 8. The van der Waals surface area contributed by atoms with Gasteiger partial charge >= 0.3 is 24.3 Å². The van der Waals surface area contributed by atoms with Crippen molar-refractivity contribution in [2.24, 2.45) is 5.92 Å². The first kappa shape index (κ1) is 25.2. The Morgan fingerprint density at radius 1 is 1.16 bits per heavy atom. The molecule has 1 aromatic carbocycles. The summed E-state index contributed by atoms with van der Waals surface area (Å²) in [5.41, 5.74) is -0.252. The van der Waals surface area contributed by atoms with Crippen molar-refractivity contribution in [2.45, 2.75) is 44.8 Å². The number of hydrogen-bond donors (Lipinski definition) is 1. The molecule has 2 rings (SSSR count). The van der Waals surface area contributed by atoms with Crippen molar-refractivity contribution in [3.63, 3.8) is 0 Å². The molecule has 0 amide bonds. The van der Waals surface area contributed by atoms with E-state index in [2.05, 4.69) is 11.3 Å². The van der Waals surface area contributed by atoms with Crippen molar-refractivity contribution in [2.75, 3.05) is 13.2 Å². The van der Waals surface area contributed by atoms with Crippen LogP contribution in [0.15, 0.2) is 36.4 Å². The quantitative estimate of drug-likeness (QED) is 0.358. The van der Waals surface area contributed by atoms with Crippen molar-refractivity contribution in [3.8, 4) is 5.75 Å². The second-order valence-electron chi connectivity index (χ2n) is 7.27. The standard InChI is InChI=1S/C21H23F3O8/c1-12(2)19(27)29-10-13-7-8-17(15(25)9-13)31-18(26)11-30-20(28)14-5-3-4-6-16(14)32-21(22,23)24/h3-6,13,15,17,25H,1,7-11H2,2H3. The van der Waals surface area contributed by atoms with Gasteiger partial charge in [-0.15, -0.1) is 13.2 Å². The Kier molecular flexibility index (Phi) is 8.64. The van der Waals surface area contributed by atoms with E-state index >= 15 is 0 Å². The average molecular weight is 460 g/mol. The van der Waals surface area contributed by atoms with Crippen molar-refractivity contribution >= 4 is 17.9 Å². The Hall–Kier alpha value is -3.08. The SMILES string of the molecule is C=C(C)C(=O)OCC1CCC(OC(=O)COC(=O)c2ccccc2OC(F)(F)F)C(O)C1. The van der Waals surface area contributed by atoms with Crippen molar-refractivity contribution in [1.29, 1.82) is 0 Å². The summed E-state index contributed by atoms with van der Waals surface area (Å²) in [6, 6.07) is 4.54. The lowest BCUT2D eigenvalue weighted by Gasteiger charge is -2.32. The fourth-order valence-electron chi connectivity index (χ4n) is 3.06. The monoisotopic (exact) mass is 460 g/mol. The van der Waals surface area contributed by atoms with Gasteiger partial charge in [0.1, 0.15) is 17.4 Å². The molecule has 0 aromatic heterocycles. The molecule has 0 spiro atoms. The second kappa shape index (κ2) is 11.0. The first-order valence-electron chi connectivity index (χ1n) is 9.68. The molecule has 3 atom stereocenters. The molecule has 176 valence electrons. The first-order chi connectivity index (χ1) is 15.0. The predicted molar refractivity (Wildman–Crippen MR) is 102 cm³/mol. The molecule has 1 aliphatic rings. The minimum atomic E-state index is -5.01. The van der Waals surface area contributed by atoms with Gasteiger partial charge in [-0.2, -0.15) is 0 Å². The summed E-state index contributed by atoms with van der Waals surface area (Å²) in [7, 11) is 0. The highest BCUT2D eigenvalue weighted by molar-refractivity contribution is 5.93. The van der Waals surface area contributed by atoms with Gasteiger partial charge in [0.2, 0.25) is 0 Å². The van der Waals surface area contributed by atoms with E-state index in [1.54, 1.807) is 0 Å². The minimum absolute atomic E-state index is 0.0977. The normalized spacial score (nSPS) is 20.7. The van der Waals surface area contributed by atoms with Gasteiger partial charge in [0.25, 0.3) is 0 Å². The van der Waals surface area contributed by atoms with Crippen molar-refractivity contribution < 1.29 is 51.6 Å². The van der Waals surface area contributed by atoms with E-state index in [1.807, 2.05) is 0 Å². The van der Waals surface area contributed by atoms with Crippen LogP contribution in [-0.2, 0) is 23.8 Å². The molecule has 0 aliphatic heterocycles. The summed E-state index contributed by atoms with van der Waals surface area (Å²) in [5.74, 6) is -3.59. The number of esters is 3. The molecule has 0 radical (unpaired) electrons. The maximum atomic E-state index is 12.4. The van der Waals surface area contributed by atoms with Crippen molar-refractivity contribution in [3.05, 3.63) is 42.0 Å². The van der Waals surface area contributed by atoms with Gasteiger partial charge in [-0.1, -0.05) is 18.7 Å². The zero-order valence-corrected chi connectivity index (χ0v) is 17.2. The maximum Gasteiger partial charge on any atom is 0.573 e. The zero-order valence-electron chi connectivity index (χ0n) is 17.2. The largest absolute Gasteiger partial charge is 0.573 e. The summed E-state index contributed by atoms with van der Waals surface area (Å²) in [6.45, 7) is 4.23. The van der Waals surface area contributed by atoms with Crippen LogP contribution in [0.1, 0.15) is 36.5 Å². The van der Waals surface area contributed by atoms with E-state index in [0.717, 1.165) is 12.1 Å². The molecule has 1 saturated carbocycles. The predicted octanol–water partition coefficient (Wildman–Crippen LogP) is 2.93. The Labute approximate surface area is 181 Å². The topological polar surface area (TPSA) is 108 Å². The van der Waals surface area contributed by atoms with E-state index in [9.17, 15) is 32.7 Å². The highest BCUT2D eigenvalue weighted by Crippen LogP contribution is 2.28. The third-order valence-corrected chi connectivity index (χ3v) is 4.60. The molecule has 11 heteroatoms. The Morgan fingerprint density at radius 3 is 2.47 bits per heavy atom. The number of benzene rings is 1. The molecule has 1 aromatic rings. The number of aliphatic hydroxyl groups is 1. The molecule has 1 fully saturated rings. The number of rotatable bonds is 8. The summed E-state index contributed by atoms with van der Waals surface area (Å²) in [4.78, 5) is 35.5. The summed E-state index contributed by atoms with van der Waals surface area (Å²) < 4.78 is 56.0. The average Bonchev–Trinajstić information content (AvgIpc) is 2.71. The molecular formula is C21H23F3O8.